The molecule has 0 radical (unpaired) electrons. The summed E-state index contributed by atoms with van der Waals surface area (Å²) in [5.74, 6) is -1.24. The van der Waals surface area contributed by atoms with Crippen LogP contribution in [0.4, 0.5) is 8.78 Å². The highest BCUT2D eigenvalue weighted by molar-refractivity contribution is 7.97. The van der Waals surface area contributed by atoms with Gasteiger partial charge in [-0.2, -0.15) is 0 Å². The van der Waals surface area contributed by atoms with E-state index in [9.17, 15) is 18.7 Å². The molecule has 0 bridgehead atoms. The molecule has 4 rings (SSSR count). The second-order valence-corrected chi connectivity index (χ2v) is 8.09. The van der Waals surface area contributed by atoms with Gasteiger partial charge in [0.25, 0.3) is 0 Å². The maximum Gasteiger partial charge on any atom is 0.323 e. The summed E-state index contributed by atoms with van der Waals surface area (Å²) in [7, 11) is 0. The summed E-state index contributed by atoms with van der Waals surface area (Å²) in [4.78, 5) is 12.2. The number of nitrogens with one attached hydrogen (secondary N) is 1. The van der Waals surface area contributed by atoms with Crippen LogP contribution in [0.25, 0.3) is 10.9 Å². The fraction of sp³-hybridized carbons (Fsp3) is 0.286. The summed E-state index contributed by atoms with van der Waals surface area (Å²) in [5.41, 5.74) is 2.69. The number of hydrogen-bond acceptors (Lipinski definition) is 3. The molecule has 0 unspecified atom stereocenters. The van der Waals surface area contributed by atoms with E-state index in [0.29, 0.717) is 6.04 Å². The van der Waals surface area contributed by atoms with Crippen molar-refractivity contribution in [2.75, 3.05) is 0 Å². The number of rotatable bonds is 6. The third-order valence-corrected chi connectivity index (χ3v) is 6.29. The molecule has 1 aliphatic rings. The van der Waals surface area contributed by atoms with Crippen molar-refractivity contribution in [1.29, 1.82) is 0 Å². The third kappa shape index (κ3) is 3.64. The highest BCUT2D eigenvalue weighted by Crippen LogP contribution is 2.44. The quantitative estimate of drug-likeness (QED) is 0.579. The number of aliphatic carboxylic acids is 1. The summed E-state index contributed by atoms with van der Waals surface area (Å²) in [6.45, 7) is 1.77. The van der Waals surface area contributed by atoms with E-state index in [1.807, 2.05) is 6.92 Å². The number of nitrogens with zero attached hydrogens (tertiary/aromatic N) is 1. The lowest BCUT2D eigenvalue weighted by Gasteiger charge is -2.36. The standard InChI is InChI=1S/C21H20F2N2O2S/c1-12-21(18-10-15(23)4-7-19(18)25(12)11-20(26)27)13-8-16(9-13)24-28-17-5-2-14(22)3-6-17/h2-7,10,13,16,24H,8-9,11H2,1H3,(H,26,27). The number of aromatic nitrogens is 1. The first-order chi connectivity index (χ1) is 13.4. The first kappa shape index (κ1) is 19.0. The van der Waals surface area contributed by atoms with Crippen molar-refractivity contribution in [1.82, 2.24) is 9.29 Å². The zero-order chi connectivity index (χ0) is 19.8. The van der Waals surface area contributed by atoms with Crippen molar-refractivity contribution < 1.29 is 18.7 Å². The van der Waals surface area contributed by atoms with E-state index >= 15 is 0 Å². The van der Waals surface area contributed by atoms with Gasteiger partial charge in [-0.15, -0.1) is 0 Å². The van der Waals surface area contributed by atoms with Crippen molar-refractivity contribution in [2.24, 2.45) is 0 Å². The summed E-state index contributed by atoms with van der Waals surface area (Å²) < 4.78 is 32.0. The van der Waals surface area contributed by atoms with Crippen LogP contribution in [0, 0.1) is 18.6 Å². The van der Waals surface area contributed by atoms with Crippen LogP contribution in [0.1, 0.15) is 30.0 Å². The highest BCUT2D eigenvalue weighted by atomic mass is 32.2. The molecule has 2 aromatic carbocycles. The maximum absolute atomic E-state index is 13.9. The molecule has 2 N–H and O–H groups in total. The first-order valence-corrected chi connectivity index (χ1v) is 9.92. The lowest BCUT2D eigenvalue weighted by Crippen LogP contribution is -2.36. The molecule has 7 heteroatoms. The monoisotopic (exact) mass is 402 g/mol. The predicted molar refractivity (Wildman–Crippen MR) is 105 cm³/mol. The molecule has 1 fully saturated rings. The Morgan fingerprint density at radius 2 is 1.86 bits per heavy atom. The Morgan fingerprint density at radius 3 is 2.54 bits per heavy atom. The molecular weight excluding hydrogens is 382 g/mol. The summed E-state index contributed by atoms with van der Waals surface area (Å²) in [6.07, 6.45) is 1.77. The topological polar surface area (TPSA) is 54.3 Å². The average Bonchev–Trinajstić information content (AvgIpc) is 2.86. The molecule has 0 amide bonds. The van der Waals surface area contributed by atoms with Gasteiger partial charge in [0, 0.05) is 27.5 Å². The molecule has 0 saturated heterocycles. The molecule has 1 aromatic heterocycles. The van der Waals surface area contributed by atoms with Crippen LogP contribution in [0.5, 0.6) is 0 Å². The van der Waals surface area contributed by atoms with Gasteiger partial charge in [-0.1, -0.05) is 0 Å². The smallest absolute Gasteiger partial charge is 0.323 e. The van der Waals surface area contributed by atoms with E-state index in [1.165, 1.54) is 36.2 Å². The van der Waals surface area contributed by atoms with Gasteiger partial charge < -0.3 is 9.67 Å². The van der Waals surface area contributed by atoms with Gasteiger partial charge in [0.2, 0.25) is 0 Å². The normalized spacial score (nSPS) is 19.0. The number of halogens is 2. The summed E-state index contributed by atoms with van der Waals surface area (Å²) in [6, 6.07) is 11.2. The van der Waals surface area contributed by atoms with Gasteiger partial charge in [0.05, 0.1) is 0 Å². The zero-order valence-corrected chi connectivity index (χ0v) is 16.1. The van der Waals surface area contributed by atoms with Crippen LogP contribution in [0.15, 0.2) is 47.4 Å². The number of carboxylic acids is 1. The van der Waals surface area contributed by atoms with Crippen molar-refractivity contribution in [3.05, 3.63) is 65.4 Å². The van der Waals surface area contributed by atoms with Crippen molar-refractivity contribution in [3.8, 4) is 0 Å². The van der Waals surface area contributed by atoms with Crippen LogP contribution < -0.4 is 4.72 Å². The van der Waals surface area contributed by atoms with E-state index in [2.05, 4.69) is 4.72 Å². The lowest BCUT2D eigenvalue weighted by atomic mass is 9.75. The zero-order valence-electron chi connectivity index (χ0n) is 15.3. The van der Waals surface area contributed by atoms with Gasteiger partial charge in [-0.25, -0.2) is 8.78 Å². The molecular formula is C21H20F2N2O2S. The van der Waals surface area contributed by atoms with Crippen LogP contribution in [-0.2, 0) is 11.3 Å². The van der Waals surface area contributed by atoms with Crippen molar-refractivity contribution in [2.45, 2.75) is 43.2 Å². The Kier molecular flexibility index (Phi) is 5.12. The van der Waals surface area contributed by atoms with Crippen LogP contribution >= 0.6 is 11.9 Å². The van der Waals surface area contributed by atoms with Crippen molar-refractivity contribution >= 4 is 28.8 Å². The van der Waals surface area contributed by atoms with Gasteiger partial charge in [-0.05, 0) is 85.7 Å². The molecule has 4 nitrogen and oxygen atoms in total. The lowest BCUT2D eigenvalue weighted by molar-refractivity contribution is -0.137. The number of carbonyl (C=O) groups is 1. The Bertz CT molecular complexity index is 1030. The van der Waals surface area contributed by atoms with Gasteiger partial charge >= 0.3 is 5.97 Å². The minimum atomic E-state index is -0.917. The van der Waals surface area contributed by atoms with E-state index in [1.54, 1.807) is 22.8 Å². The van der Waals surface area contributed by atoms with E-state index < -0.39 is 5.97 Å². The molecule has 1 saturated carbocycles. The molecule has 1 heterocycles. The van der Waals surface area contributed by atoms with Crippen LogP contribution in [-0.4, -0.2) is 21.7 Å². The number of benzene rings is 2. The highest BCUT2D eigenvalue weighted by Gasteiger charge is 2.34. The molecule has 0 atom stereocenters. The molecule has 146 valence electrons. The number of hydrogen-bond donors (Lipinski definition) is 2. The van der Waals surface area contributed by atoms with Crippen molar-refractivity contribution in [3.63, 3.8) is 0 Å². The van der Waals surface area contributed by atoms with Gasteiger partial charge in [0.1, 0.15) is 18.2 Å². The van der Waals surface area contributed by atoms with Crippen LogP contribution in [0.3, 0.4) is 0 Å². The molecule has 3 aromatic rings. The van der Waals surface area contributed by atoms with E-state index in [0.717, 1.165) is 39.9 Å². The largest absolute Gasteiger partial charge is 0.480 e. The average molecular weight is 402 g/mol. The predicted octanol–water partition coefficient (Wildman–Crippen LogP) is 4.86. The minimum Gasteiger partial charge on any atom is -0.480 e. The third-order valence-electron chi connectivity index (χ3n) is 5.33. The molecule has 0 aliphatic heterocycles. The Labute approximate surface area is 165 Å². The maximum atomic E-state index is 13.9. The second kappa shape index (κ2) is 7.56. The second-order valence-electron chi connectivity index (χ2n) is 7.18. The Hall–Kier alpha value is -2.38. The minimum absolute atomic E-state index is 0.136. The number of fused-ring (bicyclic) bond motifs is 1. The first-order valence-electron chi connectivity index (χ1n) is 9.10. The number of carboxylic acid groups (broad SMARTS) is 1. The van der Waals surface area contributed by atoms with E-state index in [-0.39, 0.29) is 24.1 Å². The Morgan fingerprint density at radius 1 is 1.18 bits per heavy atom. The summed E-state index contributed by atoms with van der Waals surface area (Å²) >= 11 is 1.47. The SMILES string of the molecule is Cc1c(C2CC(NSc3ccc(F)cc3)C2)c2cc(F)ccc2n1CC(=O)O. The fourth-order valence-electron chi connectivity index (χ4n) is 3.94. The fourth-order valence-corrected chi connectivity index (χ4v) is 4.71. The van der Waals surface area contributed by atoms with Gasteiger partial charge in [-0.3, -0.25) is 9.52 Å². The molecule has 0 spiro atoms. The van der Waals surface area contributed by atoms with Gasteiger partial charge in [0.15, 0.2) is 0 Å². The Balaban J connectivity index is 1.50. The molecule has 1 aliphatic carbocycles. The molecule has 28 heavy (non-hydrogen) atoms. The summed E-state index contributed by atoms with van der Waals surface area (Å²) in [5, 5.41) is 10.0. The van der Waals surface area contributed by atoms with Crippen LogP contribution in [0.2, 0.25) is 0 Å². The van der Waals surface area contributed by atoms with E-state index in [4.69, 9.17) is 0 Å².